The van der Waals surface area contributed by atoms with Gasteiger partial charge in [0, 0.05) is 12.6 Å². The summed E-state index contributed by atoms with van der Waals surface area (Å²) in [6.45, 7) is -0.369. The first kappa shape index (κ1) is 26.0. The number of hydrogen-bond donors (Lipinski definition) is 1. The van der Waals surface area contributed by atoms with Crippen LogP contribution in [0.1, 0.15) is 12.0 Å². The molecule has 186 valence electrons. The van der Waals surface area contributed by atoms with Gasteiger partial charge in [0.2, 0.25) is 5.91 Å². The molecule has 0 aliphatic carbocycles. The van der Waals surface area contributed by atoms with Crippen LogP contribution in [0.4, 0.5) is 14.5 Å². The highest BCUT2D eigenvalue weighted by molar-refractivity contribution is 7.92. The van der Waals surface area contributed by atoms with Crippen LogP contribution in [0.3, 0.4) is 0 Å². The summed E-state index contributed by atoms with van der Waals surface area (Å²) < 4.78 is 65.7. The van der Waals surface area contributed by atoms with E-state index in [2.05, 4.69) is 5.32 Å². The molecular formula is C25H26F2N2O5S. The molecule has 0 atom stereocenters. The highest BCUT2D eigenvalue weighted by Gasteiger charge is 2.30. The number of para-hydroxylation sites is 1. The topological polar surface area (TPSA) is 84.9 Å². The smallest absolute Gasteiger partial charge is 0.265 e. The van der Waals surface area contributed by atoms with E-state index >= 15 is 0 Å². The van der Waals surface area contributed by atoms with Crippen molar-refractivity contribution < 1.29 is 31.5 Å². The van der Waals surface area contributed by atoms with E-state index in [1.54, 1.807) is 12.1 Å². The molecule has 0 saturated carbocycles. The number of sulfonamides is 1. The summed E-state index contributed by atoms with van der Waals surface area (Å²) in [4.78, 5) is 12.5. The Morgan fingerprint density at radius 3 is 2.29 bits per heavy atom. The molecule has 1 N–H and O–H groups in total. The van der Waals surface area contributed by atoms with E-state index < -0.39 is 28.3 Å². The van der Waals surface area contributed by atoms with Gasteiger partial charge in [-0.1, -0.05) is 24.3 Å². The second kappa shape index (κ2) is 11.7. The first-order valence-corrected chi connectivity index (χ1v) is 12.2. The van der Waals surface area contributed by atoms with Crippen LogP contribution in [0, 0.1) is 11.6 Å². The number of benzene rings is 3. The van der Waals surface area contributed by atoms with E-state index in [1.807, 2.05) is 0 Å². The summed E-state index contributed by atoms with van der Waals surface area (Å²) in [5.41, 5.74) is 0.647. The molecule has 0 fully saturated rings. The quantitative estimate of drug-likeness (QED) is 0.400. The molecular weight excluding hydrogens is 478 g/mol. The zero-order chi connectivity index (χ0) is 25.4. The minimum Gasteiger partial charge on any atom is -0.493 e. The lowest BCUT2D eigenvalue weighted by Gasteiger charge is -2.25. The second-order valence-electron chi connectivity index (χ2n) is 7.56. The number of rotatable bonds is 11. The number of methoxy groups -OCH3 is 2. The molecule has 1 amide bonds. The largest absolute Gasteiger partial charge is 0.493 e. The third-order valence-electron chi connectivity index (χ3n) is 5.23. The molecule has 10 heteroatoms. The Labute approximate surface area is 203 Å². The zero-order valence-corrected chi connectivity index (χ0v) is 20.1. The van der Waals surface area contributed by atoms with Gasteiger partial charge in [-0.3, -0.25) is 9.10 Å². The van der Waals surface area contributed by atoms with E-state index in [0.717, 1.165) is 15.9 Å². The fraction of sp³-hybridized carbons (Fsp3) is 0.240. The molecule has 0 bridgehead atoms. The Balaban J connectivity index is 1.78. The fourth-order valence-electron chi connectivity index (χ4n) is 3.42. The van der Waals surface area contributed by atoms with Gasteiger partial charge in [-0.15, -0.1) is 0 Å². The van der Waals surface area contributed by atoms with Gasteiger partial charge >= 0.3 is 0 Å². The van der Waals surface area contributed by atoms with E-state index in [-0.39, 0.29) is 28.7 Å². The van der Waals surface area contributed by atoms with Crippen molar-refractivity contribution in [2.45, 2.75) is 17.7 Å². The lowest BCUT2D eigenvalue weighted by Crippen LogP contribution is -2.41. The van der Waals surface area contributed by atoms with Crippen molar-refractivity contribution in [2.75, 3.05) is 31.6 Å². The molecule has 35 heavy (non-hydrogen) atoms. The molecule has 0 unspecified atom stereocenters. The Bertz CT molecular complexity index is 1270. The summed E-state index contributed by atoms with van der Waals surface area (Å²) in [6.07, 6.45) is 1.15. The molecule has 0 aliphatic rings. The maximum atomic E-state index is 14.6. The van der Waals surface area contributed by atoms with Crippen molar-refractivity contribution in [1.82, 2.24) is 5.32 Å². The van der Waals surface area contributed by atoms with Gasteiger partial charge in [-0.25, -0.2) is 17.2 Å². The average Bonchev–Trinajstić information content (AvgIpc) is 2.86. The molecule has 3 aromatic carbocycles. The van der Waals surface area contributed by atoms with Crippen molar-refractivity contribution >= 4 is 21.6 Å². The molecule has 7 nitrogen and oxygen atoms in total. The predicted octanol–water partition coefficient (Wildman–Crippen LogP) is 3.93. The lowest BCUT2D eigenvalue weighted by molar-refractivity contribution is -0.119. The third kappa shape index (κ3) is 6.48. The average molecular weight is 505 g/mol. The van der Waals surface area contributed by atoms with Crippen LogP contribution in [0.15, 0.2) is 71.6 Å². The molecule has 0 spiro atoms. The first-order chi connectivity index (χ1) is 16.8. The third-order valence-corrected chi connectivity index (χ3v) is 6.98. The SMILES string of the molecule is COc1ccc(S(=O)(=O)N(CC(=O)NCCCc2ccc(F)cc2)c2ccccc2F)cc1OC. The van der Waals surface area contributed by atoms with Crippen LogP contribution in [-0.2, 0) is 21.2 Å². The van der Waals surface area contributed by atoms with Crippen molar-refractivity contribution in [3.05, 3.63) is 83.9 Å². The van der Waals surface area contributed by atoms with Crippen molar-refractivity contribution in [2.24, 2.45) is 0 Å². The van der Waals surface area contributed by atoms with Crippen LogP contribution in [0.2, 0.25) is 0 Å². The minimum atomic E-state index is -4.35. The van der Waals surface area contributed by atoms with Crippen LogP contribution in [0.5, 0.6) is 11.5 Å². The molecule has 3 rings (SSSR count). The Morgan fingerprint density at radius 1 is 0.943 bits per heavy atom. The molecule has 3 aromatic rings. The number of carbonyl (C=O) groups is 1. The summed E-state index contributed by atoms with van der Waals surface area (Å²) >= 11 is 0. The van der Waals surface area contributed by atoms with Crippen LogP contribution in [0.25, 0.3) is 0 Å². The summed E-state index contributed by atoms with van der Waals surface area (Å²) in [6, 6.07) is 15.3. The standard InChI is InChI=1S/C25H26F2N2O5S/c1-33-23-14-13-20(16-24(23)34-2)35(31,32)29(22-8-4-3-7-21(22)27)17-25(30)28-15-5-6-18-9-11-19(26)12-10-18/h3-4,7-14,16H,5-6,15,17H2,1-2H3,(H,28,30). The summed E-state index contributed by atoms with van der Waals surface area (Å²) in [7, 11) is -1.57. The van der Waals surface area contributed by atoms with Crippen molar-refractivity contribution in [3.8, 4) is 11.5 Å². The van der Waals surface area contributed by atoms with Gasteiger partial charge in [0.05, 0.1) is 24.8 Å². The summed E-state index contributed by atoms with van der Waals surface area (Å²) in [5, 5.41) is 2.66. The number of carbonyl (C=O) groups excluding carboxylic acids is 1. The maximum absolute atomic E-state index is 14.6. The molecule has 0 aliphatic heterocycles. The maximum Gasteiger partial charge on any atom is 0.265 e. The first-order valence-electron chi connectivity index (χ1n) is 10.8. The van der Waals surface area contributed by atoms with Crippen molar-refractivity contribution in [3.63, 3.8) is 0 Å². The van der Waals surface area contributed by atoms with Crippen LogP contribution >= 0.6 is 0 Å². The van der Waals surface area contributed by atoms with Gasteiger partial charge in [0.15, 0.2) is 11.5 Å². The number of nitrogens with one attached hydrogen (secondary N) is 1. The zero-order valence-electron chi connectivity index (χ0n) is 19.3. The molecule has 0 radical (unpaired) electrons. The fourth-order valence-corrected chi connectivity index (χ4v) is 4.86. The molecule has 0 aromatic heterocycles. The van der Waals surface area contributed by atoms with Crippen LogP contribution < -0.4 is 19.1 Å². The highest BCUT2D eigenvalue weighted by Crippen LogP contribution is 2.32. The van der Waals surface area contributed by atoms with E-state index in [0.29, 0.717) is 18.6 Å². The van der Waals surface area contributed by atoms with Gasteiger partial charge in [0.25, 0.3) is 10.0 Å². The Morgan fingerprint density at radius 2 is 1.63 bits per heavy atom. The molecule has 0 heterocycles. The number of nitrogens with zero attached hydrogens (tertiary/aromatic N) is 1. The van der Waals surface area contributed by atoms with E-state index in [4.69, 9.17) is 9.47 Å². The normalized spacial score (nSPS) is 11.1. The Kier molecular flexibility index (Phi) is 8.64. The summed E-state index contributed by atoms with van der Waals surface area (Å²) in [5.74, 6) is -1.22. The highest BCUT2D eigenvalue weighted by atomic mass is 32.2. The Hall–Kier alpha value is -3.66. The van der Waals surface area contributed by atoms with Crippen LogP contribution in [-0.4, -0.2) is 41.6 Å². The minimum absolute atomic E-state index is 0.173. The van der Waals surface area contributed by atoms with Gasteiger partial charge in [0.1, 0.15) is 18.2 Å². The van der Waals surface area contributed by atoms with Gasteiger partial charge < -0.3 is 14.8 Å². The van der Waals surface area contributed by atoms with Gasteiger partial charge in [-0.2, -0.15) is 0 Å². The van der Waals surface area contributed by atoms with E-state index in [1.165, 1.54) is 62.8 Å². The number of anilines is 1. The second-order valence-corrected chi connectivity index (χ2v) is 9.42. The monoisotopic (exact) mass is 504 g/mol. The van der Waals surface area contributed by atoms with Crippen molar-refractivity contribution in [1.29, 1.82) is 0 Å². The number of amides is 1. The van der Waals surface area contributed by atoms with E-state index in [9.17, 15) is 22.0 Å². The predicted molar refractivity (Wildman–Crippen MR) is 128 cm³/mol. The number of halogens is 2. The number of hydrogen-bond acceptors (Lipinski definition) is 5. The number of aryl methyl sites for hydroxylation is 1. The lowest BCUT2D eigenvalue weighted by atomic mass is 10.1. The van der Waals surface area contributed by atoms with Gasteiger partial charge in [-0.05, 0) is 54.8 Å². The molecule has 0 saturated heterocycles. The number of ether oxygens (including phenoxy) is 2.